The van der Waals surface area contributed by atoms with Gasteiger partial charge in [-0.15, -0.1) is 0 Å². The molecule has 2 aromatic rings. The largest absolute Gasteiger partial charge is 0.488 e. The zero-order chi connectivity index (χ0) is 18.2. The highest BCUT2D eigenvalue weighted by molar-refractivity contribution is 5.98. The van der Waals surface area contributed by atoms with Gasteiger partial charge in [0.1, 0.15) is 17.9 Å². The topological polar surface area (TPSA) is 108 Å². The highest BCUT2D eigenvalue weighted by Crippen LogP contribution is 2.21. The number of imide groups is 1. The van der Waals surface area contributed by atoms with Crippen LogP contribution in [0.2, 0.25) is 0 Å². The maximum absolute atomic E-state index is 12.3. The van der Waals surface area contributed by atoms with Crippen molar-refractivity contribution in [3.8, 4) is 5.75 Å². The van der Waals surface area contributed by atoms with Crippen LogP contribution in [0, 0.1) is 0 Å². The van der Waals surface area contributed by atoms with E-state index in [1.54, 1.807) is 18.2 Å². The molecule has 130 valence electrons. The number of urea groups is 1. The van der Waals surface area contributed by atoms with E-state index in [1.165, 1.54) is 13.0 Å². The van der Waals surface area contributed by atoms with E-state index in [-0.39, 0.29) is 12.2 Å². The molecule has 0 bridgehead atoms. The van der Waals surface area contributed by atoms with Crippen molar-refractivity contribution in [2.24, 2.45) is 5.73 Å². The molecular weight excluding hydrogens is 324 g/mol. The van der Waals surface area contributed by atoms with Gasteiger partial charge in [0.2, 0.25) is 0 Å². The Hall–Kier alpha value is -3.35. The summed E-state index contributed by atoms with van der Waals surface area (Å²) in [5.41, 5.74) is 5.98. The van der Waals surface area contributed by atoms with Gasteiger partial charge in [-0.3, -0.25) is 10.1 Å². The minimum Gasteiger partial charge on any atom is -0.488 e. The second kappa shape index (κ2) is 8.49. The molecule has 7 nitrogen and oxygen atoms in total. The van der Waals surface area contributed by atoms with Crippen molar-refractivity contribution in [1.82, 2.24) is 5.32 Å². The number of nitrogens with one attached hydrogen (secondary N) is 1. The third-order valence-corrected chi connectivity index (χ3v) is 3.24. The van der Waals surface area contributed by atoms with Crippen molar-refractivity contribution in [2.45, 2.75) is 19.6 Å². The van der Waals surface area contributed by atoms with Crippen molar-refractivity contribution in [3.63, 3.8) is 0 Å². The number of primary amides is 1. The number of hydrogen-bond acceptors (Lipinski definition) is 5. The van der Waals surface area contributed by atoms with Gasteiger partial charge in [0, 0.05) is 0 Å². The lowest BCUT2D eigenvalue weighted by molar-refractivity contribution is -0.127. The lowest BCUT2D eigenvalue weighted by Gasteiger charge is -2.14. The third kappa shape index (κ3) is 5.35. The molecule has 0 unspecified atom stereocenters. The fraction of sp³-hybridized carbons (Fsp3) is 0.167. The average molecular weight is 342 g/mol. The van der Waals surface area contributed by atoms with Gasteiger partial charge in [-0.25, -0.2) is 9.59 Å². The Morgan fingerprint density at radius 3 is 2.36 bits per heavy atom. The van der Waals surface area contributed by atoms with E-state index in [1.807, 2.05) is 35.6 Å². The number of carbonyl (C=O) groups is 3. The Morgan fingerprint density at radius 1 is 1.04 bits per heavy atom. The van der Waals surface area contributed by atoms with Crippen LogP contribution in [-0.4, -0.2) is 24.0 Å². The zero-order valence-electron chi connectivity index (χ0n) is 13.6. The molecule has 0 saturated carbocycles. The molecule has 0 heterocycles. The normalized spacial score (nSPS) is 11.2. The second-order valence-electron chi connectivity index (χ2n) is 5.17. The Morgan fingerprint density at radius 2 is 1.68 bits per heavy atom. The van der Waals surface area contributed by atoms with Gasteiger partial charge in [-0.2, -0.15) is 0 Å². The predicted octanol–water partition coefficient (Wildman–Crippen LogP) is 2.01. The first-order valence-corrected chi connectivity index (χ1v) is 7.54. The fourth-order valence-electron chi connectivity index (χ4n) is 2.00. The summed E-state index contributed by atoms with van der Waals surface area (Å²) in [6.45, 7) is 1.62. The summed E-state index contributed by atoms with van der Waals surface area (Å²) in [6.07, 6.45) is -1.18. The molecule has 0 radical (unpaired) electrons. The molecule has 0 saturated heterocycles. The SMILES string of the molecule is C[C@@H](OC(=O)c1ccccc1OCc1ccccc1)C(=O)NC(N)=O. The molecule has 0 fully saturated rings. The molecule has 25 heavy (non-hydrogen) atoms. The predicted molar refractivity (Wildman–Crippen MR) is 89.8 cm³/mol. The number of benzene rings is 2. The lowest BCUT2D eigenvalue weighted by atomic mass is 10.2. The van der Waals surface area contributed by atoms with E-state index in [0.717, 1.165) is 5.56 Å². The first-order valence-electron chi connectivity index (χ1n) is 7.54. The van der Waals surface area contributed by atoms with E-state index in [2.05, 4.69) is 0 Å². The molecule has 0 aromatic heterocycles. The van der Waals surface area contributed by atoms with Crippen LogP contribution >= 0.6 is 0 Å². The summed E-state index contributed by atoms with van der Waals surface area (Å²) >= 11 is 0. The maximum atomic E-state index is 12.3. The number of para-hydroxylation sites is 1. The Kier molecular flexibility index (Phi) is 6.11. The van der Waals surface area contributed by atoms with Crippen molar-refractivity contribution in [3.05, 3.63) is 65.7 Å². The summed E-state index contributed by atoms with van der Waals surface area (Å²) in [5, 5.41) is 1.85. The number of rotatable bonds is 6. The summed E-state index contributed by atoms with van der Waals surface area (Å²) in [7, 11) is 0. The molecule has 0 aliphatic carbocycles. The van der Waals surface area contributed by atoms with Gasteiger partial charge in [-0.1, -0.05) is 42.5 Å². The van der Waals surface area contributed by atoms with Crippen LogP contribution in [0.25, 0.3) is 0 Å². The third-order valence-electron chi connectivity index (χ3n) is 3.24. The molecule has 3 amide bonds. The van der Waals surface area contributed by atoms with Gasteiger partial charge >= 0.3 is 12.0 Å². The number of nitrogens with two attached hydrogens (primary N) is 1. The minimum absolute atomic E-state index is 0.178. The molecule has 1 atom stereocenters. The van der Waals surface area contributed by atoms with Crippen LogP contribution in [0.4, 0.5) is 4.79 Å². The smallest absolute Gasteiger partial charge is 0.342 e. The van der Waals surface area contributed by atoms with E-state index < -0.39 is 24.0 Å². The van der Waals surface area contributed by atoms with Crippen molar-refractivity contribution < 1.29 is 23.9 Å². The van der Waals surface area contributed by atoms with Crippen LogP contribution < -0.4 is 15.8 Å². The summed E-state index contributed by atoms with van der Waals surface area (Å²) in [6, 6.07) is 15.0. The standard InChI is InChI=1S/C18H18N2O5/c1-12(16(21)20-18(19)23)25-17(22)14-9-5-6-10-15(14)24-11-13-7-3-2-4-8-13/h2-10,12H,11H2,1H3,(H3,19,20,21,23)/t12-/m1/s1. The highest BCUT2D eigenvalue weighted by atomic mass is 16.5. The average Bonchev–Trinajstić information content (AvgIpc) is 2.60. The molecule has 0 aliphatic rings. The first kappa shape index (κ1) is 18.0. The quantitative estimate of drug-likeness (QED) is 0.781. The number of carbonyl (C=O) groups excluding carboxylic acids is 3. The van der Waals surface area contributed by atoms with Crippen molar-refractivity contribution >= 4 is 17.9 Å². The monoisotopic (exact) mass is 342 g/mol. The zero-order valence-corrected chi connectivity index (χ0v) is 13.6. The number of ether oxygens (including phenoxy) is 2. The van der Waals surface area contributed by atoms with Crippen LogP contribution in [0.1, 0.15) is 22.8 Å². The molecular formula is C18H18N2O5. The Bertz CT molecular complexity index is 761. The van der Waals surface area contributed by atoms with Gasteiger partial charge < -0.3 is 15.2 Å². The number of hydrogen-bond donors (Lipinski definition) is 2. The van der Waals surface area contributed by atoms with Crippen LogP contribution in [0.15, 0.2) is 54.6 Å². The first-order chi connectivity index (χ1) is 12.0. The van der Waals surface area contributed by atoms with E-state index >= 15 is 0 Å². The van der Waals surface area contributed by atoms with Crippen molar-refractivity contribution in [1.29, 1.82) is 0 Å². The number of amides is 3. The van der Waals surface area contributed by atoms with Crippen LogP contribution in [0.3, 0.4) is 0 Å². The molecule has 0 aliphatic heterocycles. The van der Waals surface area contributed by atoms with Gasteiger partial charge in [0.05, 0.1) is 0 Å². The molecule has 7 heteroatoms. The van der Waals surface area contributed by atoms with E-state index in [0.29, 0.717) is 5.75 Å². The summed E-state index contributed by atoms with van der Waals surface area (Å²) < 4.78 is 10.7. The van der Waals surface area contributed by atoms with Crippen molar-refractivity contribution in [2.75, 3.05) is 0 Å². The summed E-state index contributed by atoms with van der Waals surface area (Å²) in [4.78, 5) is 34.5. The molecule has 0 spiro atoms. The van der Waals surface area contributed by atoms with Gasteiger partial charge in [-0.05, 0) is 24.6 Å². The maximum Gasteiger partial charge on any atom is 0.342 e. The van der Waals surface area contributed by atoms with Crippen LogP contribution in [-0.2, 0) is 16.1 Å². The molecule has 2 aromatic carbocycles. The Balaban J connectivity index is 2.04. The van der Waals surface area contributed by atoms with E-state index in [4.69, 9.17) is 15.2 Å². The number of esters is 1. The molecule has 2 rings (SSSR count). The highest BCUT2D eigenvalue weighted by Gasteiger charge is 2.22. The minimum atomic E-state index is -1.18. The van der Waals surface area contributed by atoms with E-state index in [9.17, 15) is 14.4 Å². The van der Waals surface area contributed by atoms with Gasteiger partial charge in [0.15, 0.2) is 6.10 Å². The molecule has 3 N–H and O–H groups in total. The lowest BCUT2D eigenvalue weighted by Crippen LogP contribution is -2.42. The fourth-order valence-corrected chi connectivity index (χ4v) is 2.00. The van der Waals surface area contributed by atoms with Crippen LogP contribution in [0.5, 0.6) is 5.75 Å². The Labute approximate surface area is 144 Å². The summed E-state index contributed by atoms with van der Waals surface area (Å²) in [5.74, 6) is -1.21. The van der Waals surface area contributed by atoms with Gasteiger partial charge in [0.25, 0.3) is 5.91 Å². The second-order valence-corrected chi connectivity index (χ2v) is 5.17.